The van der Waals surface area contributed by atoms with Crippen LogP contribution in [0.15, 0.2) is 35.5 Å². The number of esters is 1. The molecule has 0 radical (unpaired) electrons. The molecule has 128 valence electrons. The third kappa shape index (κ3) is 3.22. The number of ether oxygens (including phenoxy) is 1. The summed E-state index contributed by atoms with van der Waals surface area (Å²) in [7, 11) is 0. The Labute approximate surface area is 141 Å². The molecule has 6 heteroatoms. The lowest BCUT2D eigenvalue weighted by molar-refractivity contribution is -0.138. The number of aryl methyl sites for hydroxylation is 1. The van der Waals surface area contributed by atoms with Crippen molar-refractivity contribution in [1.82, 2.24) is 10.6 Å². The summed E-state index contributed by atoms with van der Waals surface area (Å²) in [5, 5.41) is 5.43. The van der Waals surface area contributed by atoms with Crippen LogP contribution in [0.25, 0.3) is 0 Å². The van der Waals surface area contributed by atoms with Gasteiger partial charge in [0.25, 0.3) is 0 Å². The molecule has 1 atom stereocenters. The summed E-state index contributed by atoms with van der Waals surface area (Å²) in [4.78, 5) is 26.2. The molecule has 0 saturated carbocycles. The van der Waals surface area contributed by atoms with Crippen LogP contribution >= 0.6 is 0 Å². The molecule has 0 aliphatic carbocycles. The summed E-state index contributed by atoms with van der Waals surface area (Å²) in [6, 6.07) is 8.35. The molecule has 2 amide bonds. The lowest BCUT2D eigenvalue weighted by atomic mass is 9.96. The van der Waals surface area contributed by atoms with E-state index in [0.717, 1.165) is 12.8 Å². The molecule has 0 bridgehead atoms. The second-order valence-electron chi connectivity index (χ2n) is 6.13. The Kier molecular flexibility index (Phi) is 4.74. The number of hydrogen-bond acceptors (Lipinski definition) is 4. The topological polar surface area (TPSA) is 70.7 Å². The van der Waals surface area contributed by atoms with Crippen LogP contribution in [0.3, 0.4) is 0 Å². The van der Waals surface area contributed by atoms with Crippen molar-refractivity contribution in [3.8, 4) is 0 Å². The van der Waals surface area contributed by atoms with E-state index in [1.54, 1.807) is 6.92 Å². The van der Waals surface area contributed by atoms with E-state index in [1.807, 2.05) is 12.1 Å². The first-order chi connectivity index (χ1) is 11.6. The molecule has 0 aromatic heterocycles. The van der Waals surface area contributed by atoms with Crippen molar-refractivity contribution >= 4 is 17.7 Å². The van der Waals surface area contributed by atoms with Crippen molar-refractivity contribution in [2.24, 2.45) is 0 Å². The molecule has 6 nitrogen and oxygen atoms in total. The zero-order chi connectivity index (χ0) is 17.1. The average Bonchev–Trinajstić information content (AvgIpc) is 2.58. The van der Waals surface area contributed by atoms with E-state index in [2.05, 4.69) is 34.6 Å². The smallest absolute Gasteiger partial charge is 0.337 e. The number of amides is 2. The predicted molar refractivity (Wildman–Crippen MR) is 91.8 cm³/mol. The van der Waals surface area contributed by atoms with E-state index in [0.29, 0.717) is 30.5 Å². The number of rotatable bonds is 4. The fraction of sp³-hybridized carbons (Fsp3) is 0.444. The van der Waals surface area contributed by atoms with Crippen molar-refractivity contribution in [2.75, 3.05) is 24.6 Å². The molecule has 3 rings (SSSR count). The molecule has 1 aromatic rings. The van der Waals surface area contributed by atoms with Crippen molar-refractivity contribution in [3.05, 3.63) is 41.1 Å². The average molecular weight is 329 g/mol. The summed E-state index contributed by atoms with van der Waals surface area (Å²) in [6.45, 7) is 4.94. The normalized spacial score (nSPS) is 20.2. The second-order valence-corrected chi connectivity index (χ2v) is 6.13. The van der Waals surface area contributed by atoms with Gasteiger partial charge in [-0.2, -0.15) is 0 Å². The molecule has 2 aliphatic heterocycles. The number of carbonyl (C=O) groups is 2. The van der Waals surface area contributed by atoms with Gasteiger partial charge in [0, 0.05) is 11.7 Å². The van der Waals surface area contributed by atoms with Gasteiger partial charge >= 0.3 is 12.0 Å². The van der Waals surface area contributed by atoms with Gasteiger partial charge in [-0.3, -0.25) is 0 Å². The van der Waals surface area contributed by atoms with Gasteiger partial charge < -0.3 is 20.3 Å². The van der Waals surface area contributed by atoms with E-state index in [4.69, 9.17) is 4.74 Å². The van der Waals surface area contributed by atoms with Crippen LogP contribution < -0.4 is 15.5 Å². The zero-order valence-corrected chi connectivity index (χ0v) is 14.1. The van der Waals surface area contributed by atoms with Gasteiger partial charge in [0.05, 0.1) is 31.0 Å². The number of urea groups is 1. The highest BCUT2D eigenvalue weighted by molar-refractivity contribution is 5.93. The van der Waals surface area contributed by atoms with Gasteiger partial charge in [0.1, 0.15) is 0 Å². The summed E-state index contributed by atoms with van der Waals surface area (Å²) in [5.41, 5.74) is 3.58. The van der Waals surface area contributed by atoms with E-state index < -0.39 is 0 Å². The molecule has 2 aliphatic rings. The SMILES string of the molecule is CCOC(=O)C1=C(CN2c3ccccc3CC[C@H]2C)NC(=O)NC1. The predicted octanol–water partition coefficient (Wildman–Crippen LogP) is 1.96. The molecular weight excluding hydrogens is 306 g/mol. The summed E-state index contributed by atoms with van der Waals surface area (Å²) >= 11 is 0. The minimum Gasteiger partial charge on any atom is -0.463 e. The molecule has 0 spiro atoms. The van der Waals surface area contributed by atoms with E-state index in [1.165, 1.54) is 11.3 Å². The quantitative estimate of drug-likeness (QED) is 0.829. The van der Waals surface area contributed by atoms with Crippen LogP contribution in [0.1, 0.15) is 25.8 Å². The minimum atomic E-state index is -0.377. The van der Waals surface area contributed by atoms with E-state index in [-0.39, 0.29) is 18.5 Å². The van der Waals surface area contributed by atoms with Gasteiger partial charge in [-0.05, 0) is 38.3 Å². The maximum absolute atomic E-state index is 12.2. The number of anilines is 1. The third-order valence-corrected chi connectivity index (χ3v) is 4.57. The molecule has 0 fully saturated rings. The maximum Gasteiger partial charge on any atom is 0.337 e. The van der Waals surface area contributed by atoms with Gasteiger partial charge in [-0.25, -0.2) is 9.59 Å². The van der Waals surface area contributed by atoms with Crippen LogP contribution in [0.5, 0.6) is 0 Å². The molecule has 0 unspecified atom stereocenters. The van der Waals surface area contributed by atoms with Gasteiger partial charge in [0.2, 0.25) is 0 Å². The van der Waals surface area contributed by atoms with Crippen LogP contribution in [-0.2, 0) is 16.0 Å². The number of fused-ring (bicyclic) bond motifs is 1. The minimum absolute atomic E-state index is 0.198. The highest BCUT2D eigenvalue weighted by atomic mass is 16.5. The Balaban J connectivity index is 1.92. The van der Waals surface area contributed by atoms with Crippen LogP contribution in [0, 0.1) is 0 Å². The van der Waals surface area contributed by atoms with Gasteiger partial charge in [-0.15, -0.1) is 0 Å². The number of nitrogens with zero attached hydrogens (tertiary/aromatic N) is 1. The molecule has 1 aromatic carbocycles. The standard InChI is InChI=1S/C18H23N3O3/c1-3-24-17(22)14-10-19-18(23)20-15(14)11-21-12(2)8-9-13-6-4-5-7-16(13)21/h4-7,12H,3,8-11H2,1-2H3,(H2,19,20,23)/t12-/m1/s1. The van der Waals surface area contributed by atoms with Gasteiger partial charge in [-0.1, -0.05) is 18.2 Å². The lowest BCUT2D eigenvalue weighted by Gasteiger charge is -2.38. The summed E-state index contributed by atoms with van der Waals surface area (Å²) < 4.78 is 5.13. The number of carbonyl (C=O) groups excluding carboxylic acids is 2. The summed E-state index contributed by atoms with van der Waals surface area (Å²) in [6.07, 6.45) is 2.09. The Bertz CT molecular complexity index is 684. The molecule has 2 heterocycles. The fourth-order valence-electron chi connectivity index (χ4n) is 3.25. The fourth-order valence-corrected chi connectivity index (χ4v) is 3.25. The van der Waals surface area contributed by atoms with Crippen LogP contribution in [0.4, 0.5) is 10.5 Å². The largest absolute Gasteiger partial charge is 0.463 e. The highest BCUT2D eigenvalue weighted by Crippen LogP contribution is 2.31. The van der Waals surface area contributed by atoms with Crippen molar-refractivity contribution in [3.63, 3.8) is 0 Å². The van der Waals surface area contributed by atoms with E-state index in [9.17, 15) is 9.59 Å². The Morgan fingerprint density at radius 1 is 1.38 bits per heavy atom. The number of nitrogens with one attached hydrogen (secondary N) is 2. The first-order valence-corrected chi connectivity index (χ1v) is 8.38. The number of para-hydroxylation sites is 1. The lowest BCUT2D eigenvalue weighted by Crippen LogP contribution is -2.49. The summed E-state index contributed by atoms with van der Waals surface area (Å²) in [5.74, 6) is -0.377. The van der Waals surface area contributed by atoms with Crippen LogP contribution in [0.2, 0.25) is 0 Å². The Hall–Kier alpha value is -2.50. The van der Waals surface area contributed by atoms with Crippen molar-refractivity contribution in [2.45, 2.75) is 32.7 Å². The zero-order valence-electron chi connectivity index (χ0n) is 14.1. The second kappa shape index (κ2) is 6.95. The first-order valence-electron chi connectivity index (χ1n) is 8.38. The monoisotopic (exact) mass is 329 g/mol. The van der Waals surface area contributed by atoms with E-state index >= 15 is 0 Å². The molecular formula is C18H23N3O3. The Morgan fingerprint density at radius 2 is 2.17 bits per heavy atom. The third-order valence-electron chi connectivity index (χ3n) is 4.57. The maximum atomic E-state index is 12.2. The van der Waals surface area contributed by atoms with Crippen molar-refractivity contribution < 1.29 is 14.3 Å². The van der Waals surface area contributed by atoms with Crippen LogP contribution in [-0.4, -0.2) is 37.7 Å². The number of benzene rings is 1. The number of hydrogen-bond donors (Lipinski definition) is 2. The molecule has 24 heavy (non-hydrogen) atoms. The van der Waals surface area contributed by atoms with Crippen molar-refractivity contribution in [1.29, 1.82) is 0 Å². The highest BCUT2D eigenvalue weighted by Gasteiger charge is 2.29. The first kappa shape index (κ1) is 16.4. The molecule has 0 saturated heterocycles. The van der Waals surface area contributed by atoms with Gasteiger partial charge in [0.15, 0.2) is 0 Å². The molecule has 2 N–H and O–H groups in total. The Morgan fingerprint density at radius 3 is 2.96 bits per heavy atom.